The lowest BCUT2D eigenvalue weighted by Crippen LogP contribution is -2.48. The van der Waals surface area contributed by atoms with Gasteiger partial charge in [0.1, 0.15) is 0 Å². The Morgan fingerprint density at radius 2 is 1.21 bits per heavy atom. The highest BCUT2D eigenvalue weighted by molar-refractivity contribution is 7.19. The van der Waals surface area contributed by atoms with Gasteiger partial charge in [0.15, 0.2) is 23.0 Å². The van der Waals surface area contributed by atoms with Crippen molar-refractivity contribution < 1.29 is 38.0 Å². The number of benzene rings is 4. The number of ether oxygens (including phenoxy) is 6. The van der Waals surface area contributed by atoms with Gasteiger partial charge in [0.2, 0.25) is 23.1 Å². The molecule has 2 aromatic heterocycles. The van der Waals surface area contributed by atoms with Crippen LogP contribution < -0.4 is 39.1 Å². The van der Waals surface area contributed by atoms with Gasteiger partial charge >= 0.3 is 0 Å². The molecule has 7 heterocycles. The summed E-state index contributed by atoms with van der Waals surface area (Å²) in [6, 6.07) is 29.1. The maximum Gasteiger partial charge on any atom is 0.254 e. The number of carbonyl (C=O) groups excluding carboxylic acids is 2. The molecule has 2 amide bonds. The van der Waals surface area contributed by atoms with Crippen molar-refractivity contribution in [3.63, 3.8) is 0 Å². The molecule has 13 nitrogen and oxygen atoms in total. The van der Waals surface area contributed by atoms with Crippen LogP contribution in [0.1, 0.15) is 96.7 Å². The summed E-state index contributed by atoms with van der Waals surface area (Å²) in [7, 11) is 3.19. The lowest BCUT2D eigenvalue weighted by Gasteiger charge is -2.37. The van der Waals surface area contributed by atoms with E-state index >= 15 is 0 Å². The van der Waals surface area contributed by atoms with Gasteiger partial charge < -0.3 is 48.9 Å². The third-order valence-corrected chi connectivity index (χ3v) is 17.7. The fourth-order valence-electron chi connectivity index (χ4n) is 12.1. The number of likely N-dealkylation sites (tertiary alicyclic amines) is 1. The van der Waals surface area contributed by atoms with Gasteiger partial charge in [0, 0.05) is 89.7 Å². The number of fused-ring (bicyclic) bond motifs is 6. The first-order valence-corrected chi connectivity index (χ1v) is 27.8. The quantitative estimate of drug-likeness (QED) is 0.108. The number of piperidine rings is 1. The summed E-state index contributed by atoms with van der Waals surface area (Å²) in [5, 5.41) is 9.62. The Morgan fingerprint density at radius 1 is 0.671 bits per heavy atom. The largest absolute Gasteiger partial charge is 0.493 e. The molecule has 12 rings (SSSR count). The van der Waals surface area contributed by atoms with E-state index in [9.17, 15) is 9.59 Å². The van der Waals surface area contributed by atoms with E-state index < -0.39 is 11.6 Å². The number of hydrogen-bond donors (Lipinski definition) is 2. The summed E-state index contributed by atoms with van der Waals surface area (Å²) in [4.78, 5) is 37.2. The highest BCUT2D eigenvalue weighted by Crippen LogP contribution is 2.49. The normalized spacial score (nSPS) is 23.1. The van der Waals surface area contributed by atoms with Crippen LogP contribution in [0.25, 0.3) is 20.2 Å². The van der Waals surface area contributed by atoms with Crippen LogP contribution in [0.15, 0.2) is 84.9 Å². The van der Waals surface area contributed by atoms with E-state index in [0.717, 1.165) is 56.7 Å². The fraction of sp³-hybridized carbons (Fsp3) is 0.483. The predicted octanol–water partition coefficient (Wildman–Crippen LogP) is 10.6. The van der Waals surface area contributed by atoms with Crippen molar-refractivity contribution in [1.29, 1.82) is 0 Å². The molecule has 3 saturated heterocycles. The van der Waals surface area contributed by atoms with Crippen LogP contribution in [0.4, 0.5) is 0 Å². The van der Waals surface area contributed by atoms with Gasteiger partial charge in [-0.3, -0.25) is 14.5 Å². The van der Waals surface area contributed by atoms with E-state index in [1.165, 1.54) is 68.8 Å². The van der Waals surface area contributed by atoms with E-state index in [0.29, 0.717) is 77.3 Å². The van der Waals surface area contributed by atoms with Crippen LogP contribution in [0.2, 0.25) is 0 Å². The van der Waals surface area contributed by atoms with E-state index in [2.05, 4.69) is 69.0 Å². The SMILES string of the molecule is COc1cc(C(=O)N(Cc2cc3ccccc3s2)C[C@@H]2CCCN2)cc2c1OC(C)(C)O2.COc1cc(C(=O)N(Cc2cc3ccccc3s2)C[C@@H]2CCCN2CC2[C@@H]3CC[C@H]2CNC3)cc2c1OC(C)(C)O2. The van der Waals surface area contributed by atoms with Crippen molar-refractivity contribution in [2.45, 2.75) is 103 Å². The Labute approximate surface area is 437 Å². The maximum absolute atomic E-state index is 14.3. The lowest BCUT2D eigenvalue weighted by atomic mass is 9.85. The summed E-state index contributed by atoms with van der Waals surface area (Å²) >= 11 is 3.52. The number of hydrogen-bond acceptors (Lipinski definition) is 13. The second-order valence-corrected chi connectivity index (χ2v) is 23.9. The Hall–Kier alpha value is -5.58. The molecule has 1 saturated carbocycles. The highest BCUT2D eigenvalue weighted by atomic mass is 32.1. The molecule has 6 aromatic rings. The van der Waals surface area contributed by atoms with Crippen LogP contribution in [0.3, 0.4) is 0 Å². The second-order valence-electron chi connectivity index (χ2n) is 21.6. The molecule has 1 unspecified atom stereocenters. The molecule has 0 spiro atoms. The molecule has 15 heteroatoms. The number of nitrogens with one attached hydrogen (secondary N) is 2. The summed E-state index contributed by atoms with van der Waals surface area (Å²) in [6.07, 6.45) is 7.27. The van der Waals surface area contributed by atoms with E-state index in [1.54, 1.807) is 49.0 Å². The minimum Gasteiger partial charge on any atom is -0.493 e. The van der Waals surface area contributed by atoms with Crippen LogP contribution in [0.5, 0.6) is 34.5 Å². The summed E-state index contributed by atoms with van der Waals surface area (Å²) in [5.41, 5.74) is 1.12. The summed E-state index contributed by atoms with van der Waals surface area (Å²) in [5.74, 6) is 4.01. The van der Waals surface area contributed by atoms with E-state index in [1.807, 2.05) is 56.9 Å². The zero-order valence-electron chi connectivity index (χ0n) is 43.0. The van der Waals surface area contributed by atoms with Crippen LogP contribution >= 0.6 is 22.7 Å². The molecule has 5 atom stereocenters. The Morgan fingerprint density at radius 3 is 1.71 bits per heavy atom. The van der Waals surface area contributed by atoms with Gasteiger partial charge in [-0.15, -0.1) is 22.7 Å². The molecule has 2 bridgehead atoms. The van der Waals surface area contributed by atoms with Crippen LogP contribution in [-0.4, -0.2) is 110 Å². The maximum atomic E-state index is 14.3. The predicted molar refractivity (Wildman–Crippen MR) is 288 cm³/mol. The smallest absolute Gasteiger partial charge is 0.254 e. The second kappa shape index (κ2) is 20.6. The first kappa shape index (κ1) is 49.6. The Bertz CT molecular complexity index is 2900. The molecule has 0 radical (unpaired) electrons. The molecular weight excluding hydrogens is 959 g/mol. The van der Waals surface area contributed by atoms with Gasteiger partial charge in [0.25, 0.3) is 11.8 Å². The summed E-state index contributed by atoms with van der Waals surface area (Å²) in [6.45, 7) is 15.6. The topological polar surface area (TPSA) is 123 Å². The molecule has 1 aliphatic carbocycles. The van der Waals surface area contributed by atoms with Gasteiger partial charge in [-0.2, -0.15) is 0 Å². The fourth-order valence-corrected chi connectivity index (χ4v) is 14.2. The minimum absolute atomic E-state index is 0.00523. The van der Waals surface area contributed by atoms with Gasteiger partial charge in [0.05, 0.1) is 27.3 Å². The number of methoxy groups -OCH3 is 2. The molecule has 73 heavy (non-hydrogen) atoms. The van der Waals surface area contributed by atoms with Gasteiger partial charge in [-0.25, -0.2) is 0 Å². The third kappa shape index (κ3) is 10.7. The molecule has 6 aliphatic rings. The van der Waals surface area contributed by atoms with Crippen molar-refractivity contribution in [1.82, 2.24) is 25.3 Å². The summed E-state index contributed by atoms with van der Waals surface area (Å²) < 4.78 is 37.5. The minimum atomic E-state index is -0.799. The molecule has 386 valence electrons. The third-order valence-electron chi connectivity index (χ3n) is 15.5. The van der Waals surface area contributed by atoms with Crippen molar-refractivity contribution >= 4 is 54.7 Å². The molecule has 2 N–H and O–H groups in total. The Balaban J connectivity index is 0.000000162. The van der Waals surface area contributed by atoms with Gasteiger partial charge in [-0.1, -0.05) is 36.4 Å². The molecule has 5 aliphatic heterocycles. The number of thiophene rings is 2. The van der Waals surface area contributed by atoms with E-state index in [4.69, 9.17) is 28.4 Å². The van der Waals surface area contributed by atoms with Crippen molar-refractivity contribution in [3.05, 3.63) is 106 Å². The first-order valence-electron chi connectivity index (χ1n) is 26.2. The van der Waals surface area contributed by atoms with Crippen molar-refractivity contribution in [2.24, 2.45) is 17.8 Å². The number of nitrogens with zero attached hydrogens (tertiary/aromatic N) is 3. The first-order chi connectivity index (χ1) is 35.3. The molecular formula is C58H69N5O8S2. The van der Waals surface area contributed by atoms with Crippen LogP contribution in [-0.2, 0) is 13.1 Å². The van der Waals surface area contributed by atoms with Gasteiger partial charge in [-0.05, 0) is 142 Å². The van der Waals surface area contributed by atoms with Crippen molar-refractivity contribution in [3.8, 4) is 34.5 Å². The van der Waals surface area contributed by atoms with Crippen molar-refractivity contribution in [2.75, 3.05) is 60.0 Å². The molecule has 4 fully saturated rings. The number of carbonyl (C=O) groups is 2. The van der Waals surface area contributed by atoms with Crippen LogP contribution in [0, 0.1) is 17.8 Å². The molecule has 4 aromatic carbocycles. The zero-order chi connectivity index (χ0) is 50.4. The average Bonchev–Trinajstić information content (AvgIpc) is 4.26. The monoisotopic (exact) mass is 1030 g/mol. The Kier molecular flexibility index (Phi) is 14.0. The number of amides is 2. The van der Waals surface area contributed by atoms with E-state index in [-0.39, 0.29) is 11.8 Å². The standard InChI is InChI=1S/C33H41N3O4S.C25H28N2O4S/c1-33(2)39-29-15-24(14-28(38-3)31(29)40-33)32(37)36(19-26-13-21-7-4-5-9-30(21)41-26)18-25-8-6-12-35(25)20-27-22-10-11-23(27)17-34-16-22;1-25(2)30-21-13-17(12-20(29-3)23(21)31-25)24(28)27(14-18-8-6-10-26-18)15-19-11-16-7-4-5-9-22(16)32-19/h4-5,7,9,13-15,22-23,25,27,34H,6,8,10-12,16-20H2,1-3H3;4-5,7,9,11-13,18,26H,6,8,10,14-15H2,1-3H3/t22-,23+,25-,27?;18-/m00/s1. The average molecular weight is 1030 g/mol. The number of rotatable bonds is 14. The lowest BCUT2D eigenvalue weighted by molar-refractivity contribution is -0.0445. The zero-order valence-corrected chi connectivity index (χ0v) is 44.6. The highest BCUT2D eigenvalue weighted by Gasteiger charge is 2.42.